The molecule has 3 atom stereocenters. The van der Waals surface area contributed by atoms with Crippen molar-refractivity contribution in [2.45, 2.75) is 31.7 Å². The third-order valence-corrected chi connectivity index (χ3v) is 6.88. The van der Waals surface area contributed by atoms with Crippen molar-refractivity contribution in [1.29, 1.82) is 0 Å². The highest BCUT2D eigenvalue weighted by molar-refractivity contribution is 5.92. The molecule has 1 fully saturated rings. The lowest BCUT2D eigenvalue weighted by Crippen LogP contribution is -2.32. The predicted molar refractivity (Wildman–Crippen MR) is 127 cm³/mol. The number of rotatable bonds is 5. The molecule has 7 nitrogen and oxygen atoms in total. The minimum Gasteiger partial charge on any atom is -0.491 e. The first-order valence-electron chi connectivity index (χ1n) is 12.2. The Morgan fingerprint density at radius 3 is 2.24 bits per heavy atom. The fourth-order valence-corrected chi connectivity index (χ4v) is 4.89. The molecule has 0 radical (unpaired) electrons. The number of aromatic hydroxyl groups is 1. The summed E-state index contributed by atoms with van der Waals surface area (Å²) >= 11 is 0. The highest BCUT2D eigenvalue weighted by atomic mass is 19.4. The number of likely N-dealkylation sites (tertiary alicyclic amines) is 1. The Balaban J connectivity index is 1.50. The zero-order valence-electron chi connectivity index (χ0n) is 21.1. The van der Waals surface area contributed by atoms with Gasteiger partial charge in [0.1, 0.15) is 5.82 Å². The van der Waals surface area contributed by atoms with E-state index in [0.29, 0.717) is 28.8 Å². The van der Waals surface area contributed by atoms with Crippen LogP contribution in [0.3, 0.4) is 0 Å². The van der Waals surface area contributed by atoms with E-state index in [9.17, 15) is 40.6 Å². The molecule has 3 aromatic rings. The first-order chi connectivity index (χ1) is 19.2. The van der Waals surface area contributed by atoms with Gasteiger partial charge in [0.2, 0.25) is 5.76 Å². The van der Waals surface area contributed by atoms with Gasteiger partial charge in [-0.05, 0) is 59.1 Å². The first kappa shape index (κ1) is 28.6. The number of amides is 1. The van der Waals surface area contributed by atoms with Crippen LogP contribution in [0.2, 0.25) is 0 Å². The number of ether oxygens (including phenoxy) is 2. The SMILES string of the molecule is C[C@@H](O[C@H]1OC[C@@H]2CN(C(=O)c3cc(O)no3)CC2=C1c1ccc(F)cc1)c1cc(C(F)(F)F)cc(C(F)(F)F)c1. The first-order valence-corrected chi connectivity index (χ1v) is 12.2. The van der Waals surface area contributed by atoms with Gasteiger partial charge in [0.15, 0.2) is 6.29 Å². The summed E-state index contributed by atoms with van der Waals surface area (Å²) in [6.07, 6.45) is -12.6. The number of fused-ring (bicyclic) bond motifs is 1. The maximum atomic E-state index is 13.7. The summed E-state index contributed by atoms with van der Waals surface area (Å²) in [5.41, 5.74) is -1.90. The second-order valence-corrected chi connectivity index (χ2v) is 9.66. The minimum absolute atomic E-state index is 0.0131. The van der Waals surface area contributed by atoms with Gasteiger partial charge < -0.3 is 24.0 Å². The molecule has 0 aliphatic carbocycles. The van der Waals surface area contributed by atoms with Crippen molar-refractivity contribution in [1.82, 2.24) is 10.1 Å². The number of carbonyl (C=O) groups excluding carboxylic acids is 1. The fourth-order valence-electron chi connectivity index (χ4n) is 4.89. The number of hydrogen-bond acceptors (Lipinski definition) is 6. The lowest BCUT2D eigenvalue weighted by molar-refractivity contribution is -0.147. The predicted octanol–water partition coefficient (Wildman–Crippen LogP) is 6.22. The van der Waals surface area contributed by atoms with Gasteiger partial charge >= 0.3 is 12.4 Å². The van der Waals surface area contributed by atoms with Gasteiger partial charge in [-0.1, -0.05) is 12.1 Å². The molecule has 14 heteroatoms. The van der Waals surface area contributed by atoms with Crippen LogP contribution in [0.5, 0.6) is 5.88 Å². The monoisotopic (exact) mass is 586 g/mol. The van der Waals surface area contributed by atoms with E-state index in [4.69, 9.17) is 14.0 Å². The number of nitrogens with zero attached hydrogens (tertiary/aromatic N) is 2. The Bertz CT molecular complexity index is 1450. The van der Waals surface area contributed by atoms with E-state index >= 15 is 0 Å². The number of carbonyl (C=O) groups is 1. The Hall–Kier alpha value is -3.91. The highest BCUT2D eigenvalue weighted by Crippen LogP contribution is 2.42. The van der Waals surface area contributed by atoms with Gasteiger partial charge in [0.25, 0.3) is 11.8 Å². The van der Waals surface area contributed by atoms with Crippen LogP contribution in [0.25, 0.3) is 5.57 Å². The normalized spacial score (nSPS) is 20.3. The summed E-state index contributed by atoms with van der Waals surface area (Å²) in [6, 6.07) is 7.44. The van der Waals surface area contributed by atoms with E-state index in [2.05, 4.69) is 5.16 Å². The Labute approximate surface area is 227 Å². The molecular weight excluding hydrogens is 565 g/mol. The van der Waals surface area contributed by atoms with E-state index < -0.39 is 53.5 Å². The van der Waals surface area contributed by atoms with Crippen LogP contribution in [0.15, 0.2) is 58.6 Å². The smallest absolute Gasteiger partial charge is 0.416 e. The third-order valence-electron chi connectivity index (χ3n) is 6.88. The van der Waals surface area contributed by atoms with Crippen LogP contribution in [0.1, 0.15) is 45.8 Å². The van der Waals surface area contributed by atoms with Crippen molar-refractivity contribution in [3.05, 3.63) is 87.9 Å². The number of halogens is 7. The molecule has 2 aliphatic heterocycles. The molecule has 1 amide bonds. The third kappa shape index (κ3) is 5.93. The standard InChI is InChI=1S/C27H21F7N2O5/c1-13(15-6-17(26(29,30)31)8-18(7-15)27(32,33)34)40-25-23(14-2-4-19(28)5-3-14)20-11-36(10-16(20)12-39-25)24(38)21-9-22(37)35-41-21/h2-9,13,16,25H,10-12H2,1H3,(H,35,37)/t13-,16+,25-/m1/s1. The van der Waals surface area contributed by atoms with Crippen molar-refractivity contribution >= 4 is 11.5 Å². The fraction of sp³-hybridized carbons (Fsp3) is 0.333. The Morgan fingerprint density at radius 1 is 1.05 bits per heavy atom. The summed E-state index contributed by atoms with van der Waals surface area (Å²) in [5.74, 6) is -2.16. The van der Waals surface area contributed by atoms with Gasteiger partial charge in [-0.2, -0.15) is 26.3 Å². The quantitative estimate of drug-likeness (QED) is 0.358. The largest absolute Gasteiger partial charge is 0.491 e. The molecule has 0 saturated carbocycles. The number of alkyl halides is 6. The van der Waals surface area contributed by atoms with Crippen molar-refractivity contribution < 1.29 is 54.6 Å². The number of aromatic nitrogens is 1. The topological polar surface area (TPSA) is 85.0 Å². The van der Waals surface area contributed by atoms with Gasteiger partial charge in [-0.25, -0.2) is 4.39 Å². The minimum atomic E-state index is -5.04. The van der Waals surface area contributed by atoms with E-state index in [1.165, 1.54) is 36.1 Å². The molecule has 0 bridgehead atoms. The van der Waals surface area contributed by atoms with Crippen molar-refractivity contribution in [3.8, 4) is 5.88 Å². The summed E-state index contributed by atoms with van der Waals surface area (Å²) in [6.45, 7) is 1.51. The molecule has 0 unspecified atom stereocenters. The molecule has 1 saturated heterocycles. The number of benzene rings is 2. The van der Waals surface area contributed by atoms with Crippen LogP contribution in [0, 0.1) is 11.7 Å². The van der Waals surface area contributed by atoms with Gasteiger partial charge in [-0.3, -0.25) is 4.79 Å². The van der Waals surface area contributed by atoms with Crippen molar-refractivity contribution in [2.24, 2.45) is 5.92 Å². The summed E-state index contributed by atoms with van der Waals surface area (Å²) < 4.78 is 111. The van der Waals surface area contributed by atoms with Crippen LogP contribution in [-0.4, -0.2) is 47.1 Å². The zero-order valence-corrected chi connectivity index (χ0v) is 21.1. The van der Waals surface area contributed by atoms with Gasteiger partial charge in [0, 0.05) is 24.6 Å². The van der Waals surface area contributed by atoms with Crippen LogP contribution in [0.4, 0.5) is 30.7 Å². The van der Waals surface area contributed by atoms with Crippen molar-refractivity contribution in [3.63, 3.8) is 0 Å². The molecule has 3 heterocycles. The molecule has 41 heavy (non-hydrogen) atoms. The summed E-state index contributed by atoms with van der Waals surface area (Å²) in [5, 5.41) is 12.7. The van der Waals surface area contributed by atoms with Crippen LogP contribution >= 0.6 is 0 Å². The van der Waals surface area contributed by atoms with E-state index in [1.54, 1.807) is 0 Å². The van der Waals surface area contributed by atoms with E-state index in [-0.39, 0.29) is 43.0 Å². The van der Waals surface area contributed by atoms with Gasteiger partial charge in [-0.15, -0.1) is 0 Å². The van der Waals surface area contributed by atoms with Crippen LogP contribution < -0.4 is 0 Å². The lowest BCUT2D eigenvalue weighted by atomic mass is 9.90. The average Bonchev–Trinajstić information content (AvgIpc) is 3.54. The van der Waals surface area contributed by atoms with E-state index in [1.807, 2.05) is 0 Å². The second-order valence-electron chi connectivity index (χ2n) is 9.66. The van der Waals surface area contributed by atoms with Gasteiger partial charge in [0.05, 0.1) is 29.9 Å². The Kier molecular flexibility index (Phi) is 7.32. The average molecular weight is 586 g/mol. The molecule has 1 N–H and O–H groups in total. The second kappa shape index (κ2) is 10.5. The molecule has 218 valence electrons. The molecule has 1 aromatic heterocycles. The maximum Gasteiger partial charge on any atom is 0.416 e. The zero-order chi connectivity index (χ0) is 29.7. The van der Waals surface area contributed by atoms with Crippen LogP contribution in [-0.2, 0) is 21.8 Å². The highest BCUT2D eigenvalue weighted by Gasteiger charge is 2.42. The molecule has 2 aliphatic rings. The summed E-state index contributed by atoms with van der Waals surface area (Å²) in [4.78, 5) is 14.3. The van der Waals surface area contributed by atoms with Crippen molar-refractivity contribution in [2.75, 3.05) is 19.7 Å². The maximum absolute atomic E-state index is 13.7. The molecule has 5 rings (SSSR count). The molecule has 0 spiro atoms. The molecule has 2 aromatic carbocycles. The lowest BCUT2D eigenvalue weighted by Gasteiger charge is -2.33. The molecular formula is C27H21F7N2O5. The Morgan fingerprint density at radius 2 is 1.68 bits per heavy atom. The van der Waals surface area contributed by atoms with E-state index in [0.717, 1.165) is 6.07 Å². The summed E-state index contributed by atoms with van der Waals surface area (Å²) in [7, 11) is 0. The number of hydrogen-bond donors (Lipinski definition) is 1.